The van der Waals surface area contributed by atoms with E-state index >= 15 is 0 Å². The maximum atomic E-state index is 9.45. The molecule has 0 fully saturated rings. The van der Waals surface area contributed by atoms with Gasteiger partial charge in [0.05, 0.1) is 7.11 Å². The quantitative estimate of drug-likeness (QED) is 0.823. The van der Waals surface area contributed by atoms with Gasteiger partial charge in [0.1, 0.15) is 0 Å². The Kier molecular flexibility index (Phi) is 4.01. The van der Waals surface area contributed by atoms with E-state index < -0.39 is 0 Å². The predicted octanol–water partition coefficient (Wildman–Crippen LogP) is 3.24. The van der Waals surface area contributed by atoms with Crippen molar-refractivity contribution in [1.82, 2.24) is 0 Å². The van der Waals surface area contributed by atoms with Crippen LogP contribution in [0, 0.1) is 11.8 Å². The van der Waals surface area contributed by atoms with Gasteiger partial charge in [-0.1, -0.05) is 26.8 Å². The van der Waals surface area contributed by atoms with Gasteiger partial charge in [-0.2, -0.15) is 0 Å². The van der Waals surface area contributed by atoms with Gasteiger partial charge in [-0.05, 0) is 36.0 Å². The molecule has 1 rings (SSSR count). The summed E-state index contributed by atoms with van der Waals surface area (Å²) in [5.74, 6) is 2.07. The fourth-order valence-corrected chi connectivity index (χ4v) is 1.46. The highest BCUT2D eigenvalue weighted by Crippen LogP contribution is 2.28. The van der Waals surface area contributed by atoms with E-state index in [4.69, 9.17) is 4.74 Å². The lowest BCUT2D eigenvalue weighted by molar-refractivity contribution is 0.371. The molecule has 0 saturated carbocycles. The molecule has 84 valence electrons. The van der Waals surface area contributed by atoms with Crippen LogP contribution in [-0.2, 0) is 6.42 Å². The Labute approximate surface area is 91.9 Å². The standard InChI is InChI=1S/C13H20O2/c1-9(2)10(3)7-11-5-6-12(14)13(8-11)15-4/h5-6,8-10,14H,7H2,1-4H3. The summed E-state index contributed by atoms with van der Waals surface area (Å²) >= 11 is 0. The van der Waals surface area contributed by atoms with Crippen molar-refractivity contribution in [2.24, 2.45) is 11.8 Å². The summed E-state index contributed by atoms with van der Waals surface area (Å²) in [5, 5.41) is 9.45. The highest BCUT2D eigenvalue weighted by Gasteiger charge is 2.09. The third-order valence-electron chi connectivity index (χ3n) is 2.94. The largest absolute Gasteiger partial charge is 0.504 e. The fourth-order valence-electron chi connectivity index (χ4n) is 1.46. The minimum atomic E-state index is 0.207. The lowest BCUT2D eigenvalue weighted by Gasteiger charge is -2.16. The first-order valence-electron chi connectivity index (χ1n) is 5.40. The molecular weight excluding hydrogens is 188 g/mol. The smallest absolute Gasteiger partial charge is 0.160 e. The zero-order valence-electron chi connectivity index (χ0n) is 9.95. The van der Waals surface area contributed by atoms with Crippen molar-refractivity contribution in [1.29, 1.82) is 0 Å². The topological polar surface area (TPSA) is 29.5 Å². The van der Waals surface area contributed by atoms with Gasteiger partial charge in [0.2, 0.25) is 0 Å². The van der Waals surface area contributed by atoms with Crippen LogP contribution in [0.3, 0.4) is 0 Å². The molecule has 2 nitrogen and oxygen atoms in total. The van der Waals surface area contributed by atoms with Crippen LogP contribution in [0.25, 0.3) is 0 Å². The number of rotatable bonds is 4. The maximum Gasteiger partial charge on any atom is 0.160 e. The van der Waals surface area contributed by atoms with Gasteiger partial charge < -0.3 is 9.84 Å². The number of hydrogen-bond acceptors (Lipinski definition) is 2. The molecule has 1 atom stereocenters. The summed E-state index contributed by atoms with van der Waals surface area (Å²) in [6, 6.07) is 5.56. The van der Waals surface area contributed by atoms with Crippen LogP contribution in [-0.4, -0.2) is 12.2 Å². The highest BCUT2D eigenvalue weighted by atomic mass is 16.5. The minimum Gasteiger partial charge on any atom is -0.504 e. The first kappa shape index (κ1) is 11.9. The summed E-state index contributed by atoms with van der Waals surface area (Å²) in [5.41, 5.74) is 1.21. The minimum absolute atomic E-state index is 0.207. The molecule has 0 saturated heterocycles. The van der Waals surface area contributed by atoms with Crippen molar-refractivity contribution in [3.05, 3.63) is 23.8 Å². The van der Waals surface area contributed by atoms with Crippen molar-refractivity contribution in [2.75, 3.05) is 7.11 Å². The Morgan fingerprint density at radius 3 is 2.47 bits per heavy atom. The molecule has 0 radical (unpaired) electrons. The number of phenolic OH excluding ortho intramolecular Hbond substituents is 1. The van der Waals surface area contributed by atoms with Gasteiger partial charge in [0.25, 0.3) is 0 Å². The molecule has 0 bridgehead atoms. The number of aromatic hydroxyl groups is 1. The SMILES string of the molecule is COc1cc(CC(C)C(C)C)ccc1O. The summed E-state index contributed by atoms with van der Waals surface area (Å²) in [7, 11) is 1.57. The van der Waals surface area contributed by atoms with Crippen LogP contribution in [0.5, 0.6) is 11.5 Å². The molecule has 0 amide bonds. The summed E-state index contributed by atoms with van der Waals surface area (Å²) in [6.07, 6.45) is 1.02. The average molecular weight is 208 g/mol. The Morgan fingerprint density at radius 1 is 1.27 bits per heavy atom. The van der Waals surface area contributed by atoms with Crippen LogP contribution in [0.4, 0.5) is 0 Å². The van der Waals surface area contributed by atoms with E-state index in [1.54, 1.807) is 13.2 Å². The molecule has 0 aromatic heterocycles. The molecule has 0 spiro atoms. The molecule has 2 heteroatoms. The fraction of sp³-hybridized carbons (Fsp3) is 0.538. The van der Waals surface area contributed by atoms with E-state index in [2.05, 4.69) is 20.8 Å². The third-order valence-corrected chi connectivity index (χ3v) is 2.94. The molecule has 1 aromatic carbocycles. The number of hydrogen-bond donors (Lipinski definition) is 1. The van der Waals surface area contributed by atoms with E-state index in [1.807, 2.05) is 12.1 Å². The zero-order valence-corrected chi connectivity index (χ0v) is 9.95. The summed E-state index contributed by atoms with van der Waals surface area (Å²) in [4.78, 5) is 0. The van der Waals surface area contributed by atoms with Crippen LogP contribution in [0.1, 0.15) is 26.3 Å². The lowest BCUT2D eigenvalue weighted by Crippen LogP contribution is -2.07. The van der Waals surface area contributed by atoms with E-state index in [9.17, 15) is 5.11 Å². The normalized spacial score (nSPS) is 12.9. The second-order valence-corrected chi connectivity index (χ2v) is 4.43. The van der Waals surface area contributed by atoms with Crippen molar-refractivity contribution < 1.29 is 9.84 Å². The second-order valence-electron chi connectivity index (χ2n) is 4.43. The van der Waals surface area contributed by atoms with Gasteiger partial charge in [-0.15, -0.1) is 0 Å². The number of phenols is 1. The van der Waals surface area contributed by atoms with Gasteiger partial charge in [-0.25, -0.2) is 0 Å². The first-order valence-corrected chi connectivity index (χ1v) is 5.40. The predicted molar refractivity (Wildman–Crippen MR) is 62.4 cm³/mol. The van der Waals surface area contributed by atoms with E-state index in [0.717, 1.165) is 6.42 Å². The van der Waals surface area contributed by atoms with Crippen LogP contribution in [0.2, 0.25) is 0 Å². The Hall–Kier alpha value is -1.18. The van der Waals surface area contributed by atoms with E-state index in [0.29, 0.717) is 17.6 Å². The summed E-state index contributed by atoms with van der Waals surface area (Å²) < 4.78 is 5.08. The van der Waals surface area contributed by atoms with Crippen molar-refractivity contribution in [3.63, 3.8) is 0 Å². The van der Waals surface area contributed by atoms with Gasteiger partial charge in [0, 0.05) is 0 Å². The average Bonchev–Trinajstić information content (AvgIpc) is 2.20. The van der Waals surface area contributed by atoms with Crippen molar-refractivity contribution >= 4 is 0 Å². The monoisotopic (exact) mass is 208 g/mol. The van der Waals surface area contributed by atoms with E-state index in [-0.39, 0.29) is 5.75 Å². The molecule has 0 aliphatic heterocycles. The van der Waals surface area contributed by atoms with Crippen molar-refractivity contribution in [3.8, 4) is 11.5 Å². The van der Waals surface area contributed by atoms with Crippen LogP contribution < -0.4 is 4.74 Å². The van der Waals surface area contributed by atoms with Gasteiger partial charge in [0.15, 0.2) is 11.5 Å². The van der Waals surface area contributed by atoms with E-state index in [1.165, 1.54) is 5.56 Å². The number of methoxy groups -OCH3 is 1. The Morgan fingerprint density at radius 2 is 1.93 bits per heavy atom. The molecule has 1 unspecified atom stereocenters. The third kappa shape index (κ3) is 3.15. The lowest BCUT2D eigenvalue weighted by atomic mass is 9.91. The number of benzene rings is 1. The van der Waals surface area contributed by atoms with Gasteiger partial charge >= 0.3 is 0 Å². The maximum absolute atomic E-state index is 9.45. The van der Waals surface area contributed by atoms with Crippen LogP contribution >= 0.6 is 0 Å². The Balaban J connectivity index is 2.78. The second kappa shape index (κ2) is 5.06. The number of ether oxygens (including phenoxy) is 1. The highest BCUT2D eigenvalue weighted by molar-refractivity contribution is 5.41. The molecular formula is C13H20O2. The molecule has 1 aromatic rings. The zero-order chi connectivity index (χ0) is 11.4. The summed E-state index contributed by atoms with van der Waals surface area (Å²) in [6.45, 7) is 6.69. The molecule has 15 heavy (non-hydrogen) atoms. The Bertz CT molecular complexity index is 318. The molecule has 0 aliphatic rings. The molecule has 0 heterocycles. The molecule has 1 N–H and O–H groups in total. The van der Waals surface area contributed by atoms with Crippen molar-refractivity contribution in [2.45, 2.75) is 27.2 Å². The first-order chi connectivity index (χ1) is 7.04. The van der Waals surface area contributed by atoms with Crippen LogP contribution in [0.15, 0.2) is 18.2 Å². The molecule has 0 aliphatic carbocycles. The van der Waals surface area contributed by atoms with Gasteiger partial charge in [-0.3, -0.25) is 0 Å².